The zero-order valence-electron chi connectivity index (χ0n) is 13.5. The van der Waals surface area contributed by atoms with Gasteiger partial charge in [-0.3, -0.25) is 0 Å². The van der Waals surface area contributed by atoms with Gasteiger partial charge in [-0.2, -0.15) is 0 Å². The second kappa shape index (κ2) is 6.93. The second-order valence-corrected chi connectivity index (χ2v) is 6.65. The number of H-pyrrole nitrogens is 1. The standard InChI is InChI=1S/C17H18ClFN6.2H2/c18-11-5-12-13(8-23-15(12)22-7-11)16-24-9-14(19)17(25-16)21-6-10-1-3-20-4-2-10;;/h5,7-10,20H,1-4,6H2,(H,22,23)(H,21,24,25);2*1H. The molecule has 0 aliphatic carbocycles. The van der Waals surface area contributed by atoms with Crippen LogP contribution in [0.25, 0.3) is 22.4 Å². The van der Waals surface area contributed by atoms with E-state index in [1.165, 1.54) is 6.20 Å². The summed E-state index contributed by atoms with van der Waals surface area (Å²) < 4.78 is 14.1. The van der Waals surface area contributed by atoms with Crippen molar-refractivity contribution in [2.45, 2.75) is 12.8 Å². The van der Waals surface area contributed by atoms with Crippen LogP contribution in [0.3, 0.4) is 0 Å². The molecule has 0 bridgehead atoms. The van der Waals surface area contributed by atoms with Gasteiger partial charge in [0.15, 0.2) is 17.5 Å². The van der Waals surface area contributed by atoms with Gasteiger partial charge in [0, 0.05) is 32.7 Å². The first-order chi connectivity index (χ1) is 12.2. The second-order valence-electron chi connectivity index (χ2n) is 6.22. The molecule has 4 heterocycles. The predicted octanol–water partition coefficient (Wildman–Crippen LogP) is 3.72. The molecule has 0 unspecified atom stereocenters. The molecule has 1 fully saturated rings. The first-order valence-corrected chi connectivity index (χ1v) is 8.68. The lowest BCUT2D eigenvalue weighted by Gasteiger charge is -2.23. The zero-order valence-corrected chi connectivity index (χ0v) is 14.3. The van der Waals surface area contributed by atoms with Crippen molar-refractivity contribution in [3.63, 3.8) is 0 Å². The number of aromatic nitrogens is 4. The first kappa shape index (κ1) is 16.2. The van der Waals surface area contributed by atoms with E-state index in [0.717, 1.165) is 36.9 Å². The van der Waals surface area contributed by atoms with Crippen LogP contribution >= 0.6 is 11.6 Å². The van der Waals surface area contributed by atoms with Gasteiger partial charge in [-0.25, -0.2) is 19.3 Å². The highest BCUT2D eigenvalue weighted by molar-refractivity contribution is 6.31. The normalized spacial score (nSPS) is 15.6. The summed E-state index contributed by atoms with van der Waals surface area (Å²) in [6.07, 6.45) is 6.70. The smallest absolute Gasteiger partial charge is 0.183 e. The highest BCUT2D eigenvalue weighted by atomic mass is 35.5. The van der Waals surface area contributed by atoms with Crippen LogP contribution < -0.4 is 10.6 Å². The lowest BCUT2D eigenvalue weighted by molar-refractivity contribution is 0.389. The van der Waals surface area contributed by atoms with Gasteiger partial charge in [0.1, 0.15) is 5.65 Å². The zero-order chi connectivity index (χ0) is 17.2. The van der Waals surface area contributed by atoms with Crippen molar-refractivity contribution in [2.75, 3.05) is 25.0 Å². The molecular formula is C17H22ClFN6. The Balaban J connectivity index is 0.00000131. The van der Waals surface area contributed by atoms with Crippen molar-refractivity contribution in [2.24, 2.45) is 5.92 Å². The minimum atomic E-state index is -0.450. The van der Waals surface area contributed by atoms with Gasteiger partial charge >= 0.3 is 0 Å². The lowest BCUT2D eigenvalue weighted by Crippen LogP contribution is -2.31. The summed E-state index contributed by atoms with van der Waals surface area (Å²) in [7, 11) is 0. The van der Waals surface area contributed by atoms with Gasteiger partial charge in [0.05, 0.1) is 11.2 Å². The summed E-state index contributed by atoms with van der Waals surface area (Å²) in [6.45, 7) is 2.72. The van der Waals surface area contributed by atoms with Gasteiger partial charge in [0.25, 0.3) is 0 Å². The minimum absolute atomic E-state index is 0. The summed E-state index contributed by atoms with van der Waals surface area (Å²) in [5.74, 6) is 0.737. The van der Waals surface area contributed by atoms with E-state index in [1.54, 1.807) is 18.5 Å². The molecule has 0 amide bonds. The average Bonchev–Trinajstić information content (AvgIpc) is 3.05. The third kappa shape index (κ3) is 3.43. The molecule has 1 saturated heterocycles. The molecule has 4 rings (SSSR count). The summed E-state index contributed by atoms with van der Waals surface area (Å²) in [5, 5.41) is 7.80. The summed E-state index contributed by atoms with van der Waals surface area (Å²) in [6, 6.07) is 1.80. The Labute approximate surface area is 152 Å². The fourth-order valence-electron chi connectivity index (χ4n) is 3.11. The van der Waals surface area contributed by atoms with E-state index >= 15 is 0 Å². The number of halogens is 2. The largest absolute Gasteiger partial charge is 0.367 e. The van der Waals surface area contributed by atoms with Gasteiger partial charge < -0.3 is 15.6 Å². The molecule has 25 heavy (non-hydrogen) atoms. The van der Waals surface area contributed by atoms with E-state index in [9.17, 15) is 4.39 Å². The van der Waals surface area contributed by atoms with Crippen LogP contribution in [0, 0.1) is 11.7 Å². The molecule has 3 aromatic rings. The van der Waals surface area contributed by atoms with Gasteiger partial charge in [-0.15, -0.1) is 0 Å². The van der Waals surface area contributed by atoms with Crippen molar-refractivity contribution in [1.82, 2.24) is 25.3 Å². The quantitative estimate of drug-likeness (QED) is 0.657. The molecule has 0 spiro atoms. The monoisotopic (exact) mass is 364 g/mol. The Hall–Kier alpha value is -2.25. The third-order valence-corrected chi connectivity index (χ3v) is 4.71. The van der Waals surface area contributed by atoms with E-state index in [4.69, 9.17) is 11.6 Å². The SMILES string of the molecule is Fc1cnc(-c2c[nH]c3ncc(Cl)cc23)nc1NCC1CCNCC1.[HH].[HH]. The van der Waals surface area contributed by atoms with Crippen LogP contribution in [0.2, 0.25) is 5.02 Å². The number of nitrogens with zero attached hydrogens (tertiary/aromatic N) is 3. The molecule has 1 aliphatic heterocycles. The number of hydrogen-bond acceptors (Lipinski definition) is 5. The number of nitrogens with one attached hydrogen (secondary N) is 3. The van der Waals surface area contributed by atoms with Crippen LogP contribution in [-0.4, -0.2) is 39.6 Å². The summed E-state index contributed by atoms with van der Waals surface area (Å²) >= 11 is 6.03. The van der Waals surface area contributed by atoms with Crippen molar-refractivity contribution in [1.29, 1.82) is 0 Å². The fourth-order valence-corrected chi connectivity index (χ4v) is 3.27. The van der Waals surface area contributed by atoms with Crippen LogP contribution in [-0.2, 0) is 0 Å². The molecule has 0 saturated carbocycles. The van der Waals surface area contributed by atoms with E-state index in [-0.39, 0.29) is 8.67 Å². The number of hydrogen-bond donors (Lipinski definition) is 3. The van der Waals surface area contributed by atoms with Gasteiger partial charge in [-0.1, -0.05) is 11.6 Å². The molecule has 0 radical (unpaired) electrons. The Kier molecular flexibility index (Phi) is 4.50. The maximum Gasteiger partial charge on any atom is 0.183 e. The Morgan fingerprint density at radius 2 is 2.12 bits per heavy atom. The molecule has 134 valence electrons. The Morgan fingerprint density at radius 1 is 1.28 bits per heavy atom. The molecular weight excluding hydrogens is 343 g/mol. The molecule has 3 aromatic heterocycles. The van der Waals surface area contributed by atoms with Crippen LogP contribution in [0.1, 0.15) is 15.7 Å². The average molecular weight is 365 g/mol. The van der Waals surface area contributed by atoms with Gasteiger partial charge in [-0.05, 0) is 37.9 Å². The third-order valence-electron chi connectivity index (χ3n) is 4.50. The summed E-state index contributed by atoms with van der Waals surface area (Å²) in [5.41, 5.74) is 1.44. The number of pyridine rings is 1. The van der Waals surface area contributed by atoms with Crippen molar-refractivity contribution in [3.8, 4) is 11.4 Å². The van der Waals surface area contributed by atoms with E-state index in [1.807, 2.05) is 0 Å². The Morgan fingerprint density at radius 3 is 2.96 bits per heavy atom. The number of fused-ring (bicyclic) bond motifs is 1. The molecule has 6 nitrogen and oxygen atoms in total. The highest BCUT2D eigenvalue weighted by Crippen LogP contribution is 2.28. The topological polar surface area (TPSA) is 78.5 Å². The molecule has 0 aromatic carbocycles. The number of piperidine rings is 1. The van der Waals surface area contributed by atoms with E-state index < -0.39 is 5.82 Å². The van der Waals surface area contributed by atoms with E-state index in [2.05, 4.69) is 30.6 Å². The fraction of sp³-hybridized carbons (Fsp3) is 0.353. The maximum absolute atomic E-state index is 14.1. The number of aromatic amines is 1. The molecule has 3 N–H and O–H groups in total. The maximum atomic E-state index is 14.1. The van der Waals surface area contributed by atoms with Crippen molar-refractivity contribution < 1.29 is 7.24 Å². The van der Waals surface area contributed by atoms with E-state index in [0.29, 0.717) is 29.0 Å². The Bertz CT molecular complexity index is 900. The predicted molar refractivity (Wildman–Crippen MR) is 100 cm³/mol. The van der Waals surface area contributed by atoms with Crippen molar-refractivity contribution in [3.05, 3.63) is 35.5 Å². The lowest BCUT2D eigenvalue weighted by atomic mass is 9.98. The first-order valence-electron chi connectivity index (χ1n) is 8.31. The van der Waals surface area contributed by atoms with Crippen LogP contribution in [0.5, 0.6) is 0 Å². The highest BCUT2D eigenvalue weighted by Gasteiger charge is 2.16. The van der Waals surface area contributed by atoms with Crippen LogP contribution in [0.4, 0.5) is 10.2 Å². The van der Waals surface area contributed by atoms with Gasteiger partial charge in [0.2, 0.25) is 0 Å². The molecule has 0 atom stereocenters. The molecule has 1 aliphatic rings. The van der Waals surface area contributed by atoms with Crippen molar-refractivity contribution >= 4 is 28.5 Å². The number of rotatable bonds is 4. The number of anilines is 1. The summed E-state index contributed by atoms with van der Waals surface area (Å²) in [4.78, 5) is 15.8. The minimum Gasteiger partial charge on any atom is -0.367 e. The van der Waals surface area contributed by atoms with Crippen LogP contribution in [0.15, 0.2) is 24.7 Å². The molecule has 8 heteroatoms.